The van der Waals surface area contributed by atoms with Crippen molar-refractivity contribution in [3.63, 3.8) is 0 Å². The number of rotatable bonds is 4. The SMILES string of the molecule is O=C(CS(=O)(=O)c1ccc(F)cc1)Nc1nc2c(s1)CCc1ccccc1-2. The number of sulfone groups is 1. The van der Waals surface area contributed by atoms with Crippen molar-refractivity contribution >= 4 is 32.2 Å². The second-order valence-corrected chi connectivity index (χ2v) is 9.28. The number of thiazole rings is 1. The average Bonchev–Trinajstić information content (AvgIpc) is 3.04. The van der Waals surface area contributed by atoms with E-state index < -0.39 is 27.3 Å². The maximum Gasteiger partial charge on any atom is 0.241 e. The largest absolute Gasteiger partial charge is 0.301 e. The van der Waals surface area contributed by atoms with Crippen LogP contribution >= 0.6 is 11.3 Å². The zero-order chi connectivity index (χ0) is 19.0. The minimum absolute atomic E-state index is 0.0913. The highest BCUT2D eigenvalue weighted by molar-refractivity contribution is 7.92. The molecule has 0 aliphatic heterocycles. The lowest BCUT2D eigenvalue weighted by molar-refractivity contribution is -0.113. The van der Waals surface area contributed by atoms with E-state index in [1.54, 1.807) is 0 Å². The highest BCUT2D eigenvalue weighted by Gasteiger charge is 2.23. The van der Waals surface area contributed by atoms with Gasteiger partial charge in [0.15, 0.2) is 15.0 Å². The molecule has 1 aromatic heterocycles. The summed E-state index contributed by atoms with van der Waals surface area (Å²) in [6, 6.07) is 12.4. The molecule has 8 heteroatoms. The number of anilines is 1. The Morgan fingerprint density at radius 2 is 1.85 bits per heavy atom. The lowest BCUT2D eigenvalue weighted by Crippen LogP contribution is -2.23. The van der Waals surface area contributed by atoms with Gasteiger partial charge in [0.2, 0.25) is 5.91 Å². The number of benzene rings is 2. The average molecular weight is 402 g/mol. The summed E-state index contributed by atoms with van der Waals surface area (Å²) < 4.78 is 37.6. The standard InChI is InChI=1S/C19H15FN2O3S2/c20-13-6-8-14(9-7-13)27(24,25)11-17(23)21-19-22-18-15-4-2-1-3-12(15)5-10-16(18)26-19/h1-4,6-9H,5,10-11H2,(H,21,22,23). The zero-order valence-electron chi connectivity index (χ0n) is 14.1. The van der Waals surface area contributed by atoms with Crippen LogP contribution in [0.1, 0.15) is 10.4 Å². The van der Waals surface area contributed by atoms with E-state index in [0.717, 1.165) is 53.2 Å². The fourth-order valence-corrected chi connectivity index (χ4v) is 5.18. The molecule has 0 saturated carbocycles. The summed E-state index contributed by atoms with van der Waals surface area (Å²) in [5, 5.41) is 2.97. The van der Waals surface area contributed by atoms with Gasteiger partial charge < -0.3 is 5.32 Å². The van der Waals surface area contributed by atoms with Crippen LogP contribution in [0.15, 0.2) is 53.4 Å². The maximum atomic E-state index is 13.0. The third kappa shape index (κ3) is 3.63. The molecule has 1 N–H and O–H groups in total. The van der Waals surface area contributed by atoms with Crippen LogP contribution in [0.25, 0.3) is 11.3 Å². The quantitative estimate of drug-likeness (QED) is 0.678. The minimum Gasteiger partial charge on any atom is -0.301 e. The van der Waals surface area contributed by atoms with Gasteiger partial charge in [0.1, 0.15) is 11.6 Å². The Bertz CT molecular complexity index is 1120. The number of amides is 1. The van der Waals surface area contributed by atoms with E-state index in [4.69, 9.17) is 0 Å². The maximum absolute atomic E-state index is 13.0. The van der Waals surface area contributed by atoms with E-state index in [9.17, 15) is 17.6 Å². The van der Waals surface area contributed by atoms with Crippen molar-refractivity contribution < 1.29 is 17.6 Å². The van der Waals surface area contributed by atoms with Crippen LogP contribution in [0.3, 0.4) is 0 Å². The number of halogens is 1. The number of carbonyl (C=O) groups excluding carboxylic acids is 1. The van der Waals surface area contributed by atoms with Gasteiger partial charge in [0.25, 0.3) is 0 Å². The first kappa shape index (κ1) is 17.8. The number of hydrogen-bond acceptors (Lipinski definition) is 5. The lowest BCUT2D eigenvalue weighted by atomic mass is 9.94. The normalized spacial score (nSPS) is 12.9. The van der Waals surface area contributed by atoms with Crippen LogP contribution in [0.4, 0.5) is 9.52 Å². The molecule has 2 aromatic carbocycles. The van der Waals surface area contributed by atoms with Crippen molar-refractivity contribution in [2.45, 2.75) is 17.7 Å². The van der Waals surface area contributed by atoms with Gasteiger partial charge in [-0.3, -0.25) is 4.79 Å². The summed E-state index contributed by atoms with van der Waals surface area (Å²) in [6.07, 6.45) is 1.76. The molecule has 27 heavy (non-hydrogen) atoms. The fraction of sp³-hybridized carbons (Fsp3) is 0.158. The van der Waals surface area contributed by atoms with Gasteiger partial charge in [-0.15, -0.1) is 11.3 Å². The molecule has 1 amide bonds. The Morgan fingerprint density at radius 1 is 1.11 bits per heavy atom. The van der Waals surface area contributed by atoms with Crippen molar-refractivity contribution in [2.75, 3.05) is 11.1 Å². The first-order chi connectivity index (χ1) is 12.9. The van der Waals surface area contributed by atoms with Crippen LogP contribution in [0, 0.1) is 5.82 Å². The molecule has 0 bridgehead atoms. The predicted molar refractivity (Wildman–Crippen MR) is 102 cm³/mol. The van der Waals surface area contributed by atoms with E-state index in [1.807, 2.05) is 18.2 Å². The third-order valence-electron chi connectivity index (χ3n) is 4.33. The molecule has 4 rings (SSSR count). The molecular formula is C19H15FN2O3S2. The van der Waals surface area contributed by atoms with Crippen molar-refractivity contribution in [3.05, 3.63) is 64.8 Å². The Labute approximate surface area is 159 Å². The lowest BCUT2D eigenvalue weighted by Gasteiger charge is -2.13. The second-order valence-electron chi connectivity index (χ2n) is 6.21. The molecule has 1 aliphatic carbocycles. The van der Waals surface area contributed by atoms with Gasteiger partial charge >= 0.3 is 0 Å². The van der Waals surface area contributed by atoms with E-state index in [2.05, 4.69) is 16.4 Å². The van der Waals surface area contributed by atoms with E-state index >= 15 is 0 Å². The van der Waals surface area contributed by atoms with Gasteiger partial charge in [-0.2, -0.15) is 0 Å². The van der Waals surface area contributed by atoms with Crippen LogP contribution in [0.5, 0.6) is 0 Å². The smallest absolute Gasteiger partial charge is 0.241 e. The molecule has 5 nitrogen and oxygen atoms in total. The molecule has 3 aromatic rings. The van der Waals surface area contributed by atoms with Gasteiger partial charge in [0, 0.05) is 10.4 Å². The third-order valence-corrected chi connectivity index (χ3v) is 6.99. The summed E-state index contributed by atoms with van der Waals surface area (Å²) in [7, 11) is -3.85. The Morgan fingerprint density at radius 3 is 2.63 bits per heavy atom. The van der Waals surface area contributed by atoms with Crippen LogP contribution in [0.2, 0.25) is 0 Å². The van der Waals surface area contributed by atoms with E-state index in [-0.39, 0.29) is 4.90 Å². The van der Waals surface area contributed by atoms with Gasteiger partial charge in [0.05, 0.1) is 10.6 Å². The highest BCUT2D eigenvalue weighted by atomic mass is 32.2. The topological polar surface area (TPSA) is 76.1 Å². The van der Waals surface area contributed by atoms with Gasteiger partial charge in [-0.1, -0.05) is 24.3 Å². The first-order valence-electron chi connectivity index (χ1n) is 8.28. The van der Waals surface area contributed by atoms with E-state index in [0.29, 0.717) is 5.13 Å². The molecule has 0 unspecified atom stereocenters. The number of fused-ring (bicyclic) bond motifs is 3. The molecule has 0 radical (unpaired) electrons. The summed E-state index contributed by atoms with van der Waals surface area (Å²) in [6.45, 7) is 0. The highest BCUT2D eigenvalue weighted by Crippen LogP contribution is 2.37. The van der Waals surface area contributed by atoms with Crippen molar-refractivity contribution in [3.8, 4) is 11.3 Å². The van der Waals surface area contributed by atoms with E-state index in [1.165, 1.54) is 16.9 Å². The molecule has 0 spiro atoms. The van der Waals surface area contributed by atoms with Gasteiger partial charge in [-0.05, 0) is 42.7 Å². The minimum atomic E-state index is -3.85. The Kier molecular flexibility index (Phi) is 4.53. The molecular weight excluding hydrogens is 387 g/mol. The molecule has 138 valence electrons. The number of nitrogens with zero attached hydrogens (tertiary/aromatic N) is 1. The Hall–Kier alpha value is -2.58. The van der Waals surface area contributed by atoms with Gasteiger partial charge in [-0.25, -0.2) is 17.8 Å². The van der Waals surface area contributed by atoms with Crippen molar-refractivity contribution in [1.82, 2.24) is 4.98 Å². The molecule has 1 aliphatic rings. The number of aryl methyl sites for hydroxylation is 2. The summed E-state index contributed by atoms with van der Waals surface area (Å²) in [4.78, 5) is 17.7. The second kappa shape index (κ2) is 6.86. The fourth-order valence-electron chi connectivity index (χ4n) is 3.06. The Balaban J connectivity index is 1.51. The molecule has 0 atom stereocenters. The molecule has 0 fully saturated rings. The monoisotopic (exact) mass is 402 g/mol. The summed E-state index contributed by atoms with van der Waals surface area (Å²) in [5.41, 5.74) is 3.11. The van der Waals surface area contributed by atoms with Crippen LogP contribution in [-0.2, 0) is 27.5 Å². The summed E-state index contributed by atoms with van der Waals surface area (Å²) in [5.74, 6) is -1.93. The number of carbonyl (C=O) groups is 1. The van der Waals surface area contributed by atoms with Crippen molar-refractivity contribution in [2.24, 2.45) is 0 Å². The van der Waals surface area contributed by atoms with Crippen LogP contribution < -0.4 is 5.32 Å². The predicted octanol–water partition coefficient (Wildman–Crippen LogP) is 3.46. The zero-order valence-corrected chi connectivity index (χ0v) is 15.7. The number of aromatic nitrogens is 1. The number of hydrogen-bond donors (Lipinski definition) is 1. The number of nitrogens with one attached hydrogen (secondary N) is 1. The van der Waals surface area contributed by atoms with Crippen LogP contribution in [-0.4, -0.2) is 25.1 Å². The summed E-state index contributed by atoms with van der Waals surface area (Å²) >= 11 is 1.36. The molecule has 1 heterocycles. The molecule has 0 saturated heterocycles. The first-order valence-corrected chi connectivity index (χ1v) is 10.8. The van der Waals surface area contributed by atoms with Crippen molar-refractivity contribution in [1.29, 1.82) is 0 Å².